The average molecular weight is 277 g/mol. The monoisotopic (exact) mass is 277 g/mol. The predicted molar refractivity (Wildman–Crippen MR) is 83.7 cm³/mol. The average Bonchev–Trinajstić information content (AvgIpc) is 2.55. The van der Waals surface area contributed by atoms with Crippen LogP contribution >= 0.6 is 0 Å². The molecule has 0 radical (unpaired) electrons. The summed E-state index contributed by atoms with van der Waals surface area (Å²) in [5.41, 5.74) is 4.76. The van der Waals surface area contributed by atoms with Gasteiger partial charge in [-0.05, 0) is 30.0 Å². The van der Waals surface area contributed by atoms with Gasteiger partial charge < -0.3 is 0 Å². The van der Waals surface area contributed by atoms with Gasteiger partial charge in [0.2, 0.25) is 12.4 Å². The summed E-state index contributed by atoms with van der Waals surface area (Å²) in [4.78, 5) is 12.2. The van der Waals surface area contributed by atoms with Gasteiger partial charge in [-0.25, -0.2) is 0 Å². The second kappa shape index (κ2) is 5.75. The fraction of sp³-hybridized carbons (Fsp3) is 0.111. The first-order chi connectivity index (χ1) is 10.3. The molecule has 3 aromatic rings. The van der Waals surface area contributed by atoms with Gasteiger partial charge in [0.1, 0.15) is 0 Å². The first kappa shape index (κ1) is 13.3. The Morgan fingerprint density at radius 2 is 1.71 bits per heavy atom. The largest absolute Gasteiger partial charge is 0.305 e. The molecule has 1 N–H and O–H groups in total. The first-order valence-corrected chi connectivity index (χ1v) is 7.07. The van der Waals surface area contributed by atoms with Gasteiger partial charge in [0.15, 0.2) is 0 Å². The van der Waals surface area contributed by atoms with Gasteiger partial charge >= 0.3 is 5.91 Å². The minimum Gasteiger partial charge on any atom is -0.264 e. The first-order valence-electron chi connectivity index (χ1n) is 7.07. The second-order valence-corrected chi connectivity index (χ2v) is 4.94. The molecule has 0 saturated heterocycles. The van der Waals surface area contributed by atoms with E-state index in [4.69, 9.17) is 0 Å². The summed E-state index contributed by atoms with van der Waals surface area (Å²) >= 11 is 0. The van der Waals surface area contributed by atoms with E-state index < -0.39 is 0 Å². The standard InChI is InChI=1S/C18H16N2O/c1-2-14-12-20(13-16-10-6-7-11-17(14)16)19-18(21)15-8-4-3-5-9-15/h3-13H,2H2,1H3/p+1. The lowest BCUT2D eigenvalue weighted by molar-refractivity contribution is -0.640. The van der Waals surface area contributed by atoms with Crippen LogP contribution < -0.4 is 10.1 Å². The number of nitrogens with one attached hydrogen (secondary N) is 1. The lowest BCUT2D eigenvalue weighted by atomic mass is 10.1. The fourth-order valence-electron chi connectivity index (χ4n) is 2.44. The number of benzene rings is 2. The molecule has 21 heavy (non-hydrogen) atoms. The third-order valence-corrected chi connectivity index (χ3v) is 3.53. The number of nitrogens with zero attached hydrogens (tertiary/aromatic N) is 1. The van der Waals surface area contributed by atoms with Crippen molar-refractivity contribution in [2.45, 2.75) is 13.3 Å². The van der Waals surface area contributed by atoms with E-state index in [-0.39, 0.29) is 5.91 Å². The summed E-state index contributed by atoms with van der Waals surface area (Å²) < 4.78 is 1.75. The topological polar surface area (TPSA) is 33.0 Å². The van der Waals surface area contributed by atoms with Crippen LogP contribution in [0.3, 0.4) is 0 Å². The van der Waals surface area contributed by atoms with E-state index in [9.17, 15) is 4.79 Å². The molecule has 0 bridgehead atoms. The van der Waals surface area contributed by atoms with E-state index in [2.05, 4.69) is 24.5 Å². The van der Waals surface area contributed by atoms with Crippen molar-refractivity contribution < 1.29 is 9.47 Å². The van der Waals surface area contributed by atoms with Crippen LogP contribution in [0.2, 0.25) is 0 Å². The smallest absolute Gasteiger partial charge is 0.264 e. The molecule has 1 heterocycles. The van der Waals surface area contributed by atoms with Crippen molar-refractivity contribution in [2.24, 2.45) is 0 Å². The summed E-state index contributed by atoms with van der Waals surface area (Å²) in [5.74, 6) is -0.113. The summed E-state index contributed by atoms with van der Waals surface area (Å²) in [5, 5.41) is 2.34. The highest BCUT2D eigenvalue weighted by atomic mass is 16.2. The number of hydrogen-bond acceptors (Lipinski definition) is 1. The Labute approximate surface area is 123 Å². The third-order valence-electron chi connectivity index (χ3n) is 3.53. The lowest BCUT2D eigenvalue weighted by Crippen LogP contribution is -2.48. The van der Waals surface area contributed by atoms with E-state index in [0.29, 0.717) is 5.56 Å². The molecule has 0 fully saturated rings. The molecule has 0 spiro atoms. The maximum atomic E-state index is 12.2. The van der Waals surface area contributed by atoms with Gasteiger partial charge in [-0.2, -0.15) is 0 Å². The van der Waals surface area contributed by atoms with Crippen molar-refractivity contribution in [1.82, 2.24) is 0 Å². The SMILES string of the molecule is CCc1c[n+](NC(=O)c2ccccc2)cc2ccccc12. The van der Waals surface area contributed by atoms with E-state index in [1.54, 1.807) is 16.8 Å². The van der Waals surface area contributed by atoms with E-state index >= 15 is 0 Å². The van der Waals surface area contributed by atoms with Crippen molar-refractivity contribution in [3.05, 3.63) is 78.1 Å². The molecule has 1 amide bonds. The molecule has 0 saturated carbocycles. The van der Waals surface area contributed by atoms with E-state index in [0.717, 1.165) is 11.8 Å². The minimum atomic E-state index is -0.113. The lowest BCUT2D eigenvalue weighted by Gasteiger charge is -2.04. The maximum Gasteiger partial charge on any atom is 0.305 e. The van der Waals surface area contributed by atoms with Gasteiger partial charge in [-0.15, -0.1) is 5.43 Å². The highest BCUT2D eigenvalue weighted by Crippen LogP contribution is 2.16. The van der Waals surface area contributed by atoms with Crippen LogP contribution in [0, 0.1) is 0 Å². The Morgan fingerprint density at radius 1 is 1.00 bits per heavy atom. The molecule has 104 valence electrons. The van der Waals surface area contributed by atoms with E-state index in [1.165, 1.54) is 10.9 Å². The van der Waals surface area contributed by atoms with E-state index in [1.807, 2.05) is 42.7 Å². The predicted octanol–water partition coefficient (Wildman–Crippen LogP) is 3.07. The Bertz CT molecular complexity index is 782. The van der Waals surface area contributed by atoms with Crippen molar-refractivity contribution in [3.8, 4) is 0 Å². The molecule has 0 unspecified atom stereocenters. The van der Waals surface area contributed by atoms with Crippen molar-refractivity contribution in [3.63, 3.8) is 0 Å². The van der Waals surface area contributed by atoms with Crippen molar-refractivity contribution >= 4 is 16.7 Å². The summed E-state index contributed by atoms with van der Waals surface area (Å²) in [6.07, 6.45) is 4.83. The number of carbonyl (C=O) groups is 1. The highest BCUT2D eigenvalue weighted by Gasteiger charge is 2.13. The number of fused-ring (bicyclic) bond motifs is 1. The minimum absolute atomic E-state index is 0.113. The highest BCUT2D eigenvalue weighted by molar-refractivity contribution is 5.98. The quantitative estimate of drug-likeness (QED) is 0.733. The fourth-order valence-corrected chi connectivity index (χ4v) is 2.44. The molecule has 3 rings (SSSR count). The number of pyridine rings is 1. The van der Waals surface area contributed by atoms with Gasteiger partial charge in [0.25, 0.3) is 0 Å². The van der Waals surface area contributed by atoms with Crippen LogP contribution in [0.1, 0.15) is 22.8 Å². The van der Waals surface area contributed by atoms with Gasteiger partial charge in [0, 0.05) is 16.5 Å². The molecule has 0 aliphatic heterocycles. The molecule has 2 aromatic carbocycles. The van der Waals surface area contributed by atoms with Crippen LogP contribution in [-0.4, -0.2) is 5.91 Å². The normalized spacial score (nSPS) is 10.5. The van der Waals surface area contributed by atoms with Crippen LogP contribution in [-0.2, 0) is 6.42 Å². The number of amides is 1. The van der Waals surface area contributed by atoms with Gasteiger partial charge in [0.05, 0.1) is 0 Å². The van der Waals surface area contributed by atoms with Crippen molar-refractivity contribution in [2.75, 3.05) is 5.43 Å². The number of carbonyl (C=O) groups excluding carboxylic acids is 1. The molecule has 3 nitrogen and oxygen atoms in total. The Morgan fingerprint density at radius 3 is 2.48 bits per heavy atom. The van der Waals surface area contributed by atoms with Gasteiger partial charge in [-0.1, -0.05) is 48.0 Å². The molecule has 0 aliphatic carbocycles. The zero-order valence-corrected chi connectivity index (χ0v) is 11.9. The van der Waals surface area contributed by atoms with Crippen LogP contribution in [0.4, 0.5) is 0 Å². The number of rotatable bonds is 3. The molecule has 0 aliphatic rings. The molecular formula is C18H17N2O+. The third kappa shape index (κ3) is 2.77. The molecule has 0 atom stereocenters. The zero-order chi connectivity index (χ0) is 14.7. The number of aryl methyl sites for hydroxylation is 1. The molecular weight excluding hydrogens is 260 g/mol. The summed E-state index contributed by atoms with van der Waals surface area (Å²) in [6.45, 7) is 2.12. The number of hydrogen-bond donors (Lipinski definition) is 1. The van der Waals surface area contributed by atoms with Crippen molar-refractivity contribution in [1.29, 1.82) is 0 Å². The zero-order valence-electron chi connectivity index (χ0n) is 11.9. The maximum absolute atomic E-state index is 12.2. The Balaban J connectivity index is 1.96. The Kier molecular flexibility index (Phi) is 3.65. The van der Waals surface area contributed by atoms with Gasteiger partial charge in [-0.3, -0.25) is 4.79 Å². The Hall–Kier alpha value is -2.68. The summed E-state index contributed by atoms with van der Waals surface area (Å²) in [7, 11) is 0. The van der Waals surface area contributed by atoms with Crippen LogP contribution in [0.5, 0.6) is 0 Å². The second-order valence-electron chi connectivity index (χ2n) is 4.94. The molecule has 3 heteroatoms. The van der Waals surface area contributed by atoms with Crippen LogP contribution in [0.25, 0.3) is 10.8 Å². The number of aromatic nitrogens is 1. The van der Waals surface area contributed by atoms with Crippen LogP contribution in [0.15, 0.2) is 67.0 Å². The molecule has 1 aromatic heterocycles. The summed E-state index contributed by atoms with van der Waals surface area (Å²) in [6, 6.07) is 17.4.